The molecular weight excluding hydrogens is 296 g/mol. The molecule has 0 amide bonds. The molecule has 2 N–H and O–H groups in total. The van der Waals surface area contributed by atoms with Crippen molar-refractivity contribution in [2.24, 2.45) is 5.41 Å². The van der Waals surface area contributed by atoms with Crippen LogP contribution in [0.5, 0.6) is 0 Å². The fourth-order valence-corrected chi connectivity index (χ4v) is 3.77. The molecule has 0 aliphatic rings. The van der Waals surface area contributed by atoms with Crippen LogP contribution in [-0.2, 0) is 9.84 Å². The molecule has 110 valence electrons. The zero-order valence-electron chi connectivity index (χ0n) is 11.7. The number of nitrogens with two attached hydrogens (primary N) is 1. The van der Waals surface area contributed by atoms with E-state index in [1.54, 1.807) is 0 Å². The standard InChI is InChI=1S/C14H19ClN2O2S/c1-14(2,10-16)7-3-4-8-20(18,19)13-6-5-11(17)9-12(13)15/h5-6,9H,3-4,7-8,17H2,1-2H3. The summed E-state index contributed by atoms with van der Waals surface area (Å²) in [5.41, 5.74) is 5.57. The SMILES string of the molecule is CC(C)(C#N)CCCCS(=O)(=O)c1ccc(N)cc1Cl. The molecule has 1 aromatic carbocycles. The molecule has 0 saturated heterocycles. The van der Waals surface area contributed by atoms with E-state index < -0.39 is 15.3 Å². The molecule has 0 atom stereocenters. The first-order valence-corrected chi connectivity index (χ1v) is 8.40. The van der Waals surface area contributed by atoms with Crippen molar-refractivity contribution >= 4 is 27.1 Å². The first-order chi connectivity index (χ1) is 9.18. The Bertz CT molecular complexity index is 619. The second-order valence-electron chi connectivity index (χ2n) is 5.46. The third kappa shape index (κ3) is 4.69. The predicted octanol–water partition coefficient (Wildman–Crippen LogP) is 3.42. The van der Waals surface area contributed by atoms with Crippen molar-refractivity contribution in [2.45, 2.75) is 38.0 Å². The number of unbranched alkanes of at least 4 members (excludes halogenated alkanes) is 1. The number of nitriles is 1. The van der Waals surface area contributed by atoms with Crippen molar-refractivity contribution in [3.63, 3.8) is 0 Å². The lowest BCUT2D eigenvalue weighted by Gasteiger charge is -2.14. The van der Waals surface area contributed by atoms with Crippen molar-refractivity contribution < 1.29 is 8.42 Å². The Morgan fingerprint density at radius 3 is 2.55 bits per heavy atom. The number of benzene rings is 1. The van der Waals surface area contributed by atoms with Crippen LogP contribution in [0.25, 0.3) is 0 Å². The van der Waals surface area contributed by atoms with E-state index >= 15 is 0 Å². The predicted molar refractivity (Wildman–Crippen MR) is 81.2 cm³/mol. The summed E-state index contributed by atoms with van der Waals surface area (Å²) < 4.78 is 24.3. The van der Waals surface area contributed by atoms with Gasteiger partial charge in [0.05, 0.1) is 27.2 Å². The number of hydrogen-bond acceptors (Lipinski definition) is 4. The van der Waals surface area contributed by atoms with Gasteiger partial charge in [-0.05, 0) is 44.9 Å². The molecule has 0 aromatic heterocycles. The van der Waals surface area contributed by atoms with Crippen LogP contribution in [0, 0.1) is 16.7 Å². The molecular formula is C14H19ClN2O2S. The molecule has 0 saturated carbocycles. The van der Waals surface area contributed by atoms with E-state index in [0.717, 1.165) is 0 Å². The van der Waals surface area contributed by atoms with Crippen LogP contribution in [-0.4, -0.2) is 14.2 Å². The summed E-state index contributed by atoms with van der Waals surface area (Å²) in [5, 5.41) is 9.05. The number of anilines is 1. The minimum atomic E-state index is -3.40. The molecule has 0 spiro atoms. The van der Waals surface area contributed by atoms with E-state index in [-0.39, 0.29) is 15.7 Å². The van der Waals surface area contributed by atoms with Crippen molar-refractivity contribution in [3.05, 3.63) is 23.2 Å². The number of hydrogen-bond donors (Lipinski definition) is 1. The first kappa shape index (κ1) is 16.8. The normalized spacial score (nSPS) is 12.1. The average Bonchev–Trinajstić information content (AvgIpc) is 2.34. The van der Waals surface area contributed by atoms with E-state index in [1.165, 1.54) is 18.2 Å². The number of halogens is 1. The van der Waals surface area contributed by atoms with Gasteiger partial charge < -0.3 is 5.73 Å². The van der Waals surface area contributed by atoms with E-state index in [4.69, 9.17) is 22.6 Å². The van der Waals surface area contributed by atoms with Gasteiger partial charge in [-0.15, -0.1) is 0 Å². The summed E-state index contributed by atoms with van der Waals surface area (Å²) in [6.45, 7) is 3.69. The van der Waals surface area contributed by atoms with E-state index in [9.17, 15) is 8.42 Å². The Morgan fingerprint density at radius 2 is 2.00 bits per heavy atom. The van der Waals surface area contributed by atoms with Gasteiger partial charge in [0.15, 0.2) is 9.84 Å². The molecule has 0 heterocycles. The van der Waals surface area contributed by atoms with E-state index in [2.05, 4.69) is 6.07 Å². The van der Waals surface area contributed by atoms with Crippen LogP contribution < -0.4 is 5.73 Å². The maximum atomic E-state index is 12.2. The average molecular weight is 315 g/mol. The number of rotatable bonds is 6. The van der Waals surface area contributed by atoms with Gasteiger partial charge >= 0.3 is 0 Å². The molecule has 0 unspecified atom stereocenters. The van der Waals surface area contributed by atoms with Gasteiger partial charge in [0, 0.05) is 5.69 Å². The Labute approximate surface area is 125 Å². The monoisotopic (exact) mass is 314 g/mol. The van der Waals surface area contributed by atoms with E-state index in [0.29, 0.717) is 24.9 Å². The quantitative estimate of drug-likeness (QED) is 0.644. The summed E-state index contributed by atoms with van der Waals surface area (Å²) in [4.78, 5) is 0.118. The third-order valence-corrected chi connectivity index (χ3v) is 5.34. The van der Waals surface area contributed by atoms with E-state index in [1.807, 2.05) is 13.8 Å². The summed E-state index contributed by atoms with van der Waals surface area (Å²) in [6, 6.07) is 6.60. The van der Waals surface area contributed by atoms with Crippen LogP contribution in [0.2, 0.25) is 5.02 Å². The number of nitrogens with zero attached hydrogens (tertiary/aromatic N) is 1. The van der Waals surface area contributed by atoms with Gasteiger partial charge in [0.2, 0.25) is 0 Å². The number of sulfone groups is 1. The first-order valence-electron chi connectivity index (χ1n) is 6.37. The third-order valence-electron chi connectivity index (χ3n) is 3.06. The highest BCUT2D eigenvalue weighted by atomic mass is 35.5. The van der Waals surface area contributed by atoms with Gasteiger partial charge in [-0.25, -0.2) is 8.42 Å². The molecule has 0 aliphatic heterocycles. The lowest BCUT2D eigenvalue weighted by Crippen LogP contribution is -2.11. The van der Waals surface area contributed by atoms with Gasteiger partial charge in [-0.2, -0.15) is 5.26 Å². The van der Waals surface area contributed by atoms with Crippen molar-refractivity contribution in [3.8, 4) is 6.07 Å². The second-order valence-corrected chi connectivity index (χ2v) is 7.95. The van der Waals surface area contributed by atoms with Crippen molar-refractivity contribution in [2.75, 3.05) is 11.5 Å². The van der Waals surface area contributed by atoms with Crippen LogP contribution in [0.1, 0.15) is 33.1 Å². The Hall–Kier alpha value is -1.25. The Morgan fingerprint density at radius 1 is 1.35 bits per heavy atom. The summed E-state index contributed by atoms with van der Waals surface area (Å²) in [6.07, 6.45) is 1.87. The van der Waals surface area contributed by atoms with Gasteiger partial charge in [-0.3, -0.25) is 0 Å². The Balaban J connectivity index is 2.65. The molecule has 4 nitrogen and oxygen atoms in total. The maximum Gasteiger partial charge on any atom is 0.179 e. The van der Waals surface area contributed by atoms with Crippen LogP contribution >= 0.6 is 11.6 Å². The highest BCUT2D eigenvalue weighted by Gasteiger charge is 2.20. The lowest BCUT2D eigenvalue weighted by molar-refractivity contribution is 0.431. The van der Waals surface area contributed by atoms with Gasteiger partial charge in [0.1, 0.15) is 0 Å². The molecule has 6 heteroatoms. The van der Waals surface area contributed by atoms with Crippen LogP contribution in [0.3, 0.4) is 0 Å². The maximum absolute atomic E-state index is 12.2. The largest absolute Gasteiger partial charge is 0.399 e. The fraction of sp³-hybridized carbons (Fsp3) is 0.500. The Kier molecular flexibility index (Phi) is 5.43. The molecule has 20 heavy (non-hydrogen) atoms. The van der Waals surface area contributed by atoms with Gasteiger partial charge in [0.25, 0.3) is 0 Å². The highest BCUT2D eigenvalue weighted by Crippen LogP contribution is 2.26. The fourth-order valence-electron chi connectivity index (χ4n) is 1.79. The molecule has 0 aliphatic carbocycles. The van der Waals surface area contributed by atoms with Crippen molar-refractivity contribution in [1.29, 1.82) is 5.26 Å². The topological polar surface area (TPSA) is 84.0 Å². The number of nitrogen functional groups attached to an aromatic ring is 1. The highest BCUT2D eigenvalue weighted by molar-refractivity contribution is 7.91. The minimum Gasteiger partial charge on any atom is -0.399 e. The molecule has 0 radical (unpaired) electrons. The summed E-state index contributed by atoms with van der Waals surface area (Å²) >= 11 is 5.92. The van der Waals surface area contributed by atoms with Gasteiger partial charge in [-0.1, -0.05) is 18.0 Å². The smallest absolute Gasteiger partial charge is 0.179 e. The summed E-state index contributed by atoms with van der Waals surface area (Å²) in [7, 11) is -3.40. The molecule has 0 fully saturated rings. The second kappa shape index (κ2) is 6.47. The minimum absolute atomic E-state index is 0.0259. The molecule has 1 rings (SSSR count). The molecule has 1 aromatic rings. The lowest BCUT2D eigenvalue weighted by atomic mass is 9.89. The zero-order chi connectivity index (χ0) is 15.4. The molecule has 0 bridgehead atoms. The van der Waals surface area contributed by atoms with Crippen LogP contribution in [0.15, 0.2) is 23.1 Å². The zero-order valence-corrected chi connectivity index (χ0v) is 13.3. The van der Waals surface area contributed by atoms with Crippen LogP contribution in [0.4, 0.5) is 5.69 Å². The summed E-state index contributed by atoms with van der Waals surface area (Å²) in [5.74, 6) is 0.0259. The van der Waals surface area contributed by atoms with Crippen molar-refractivity contribution in [1.82, 2.24) is 0 Å².